The molecule has 6 nitrogen and oxygen atoms in total. The zero-order valence-electron chi connectivity index (χ0n) is 11.6. The number of nitrogens with one attached hydrogen (secondary N) is 1. The van der Waals surface area contributed by atoms with Gasteiger partial charge in [-0.05, 0) is 19.1 Å². The Morgan fingerprint density at radius 2 is 2.14 bits per heavy atom. The molecule has 0 aliphatic carbocycles. The number of hydrogen-bond acceptors (Lipinski definition) is 6. The third-order valence-corrected chi connectivity index (χ3v) is 5.35. The Morgan fingerprint density at radius 3 is 2.81 bits per heavy atom. The fraction of sp³-hybridized carbons (Fsp3) is 0.308. The van der Waals surface area contributed by atoms with Crippen LogP contribution in [0.15, 0.2) is 39.8 Å². The average molecular weight is 327 g/mol. The Bertz CT molecular complexity index is 698. The number of nitrogen functional groups attached to an aromatic ring is 1. The first-order valence-electron chi connectivity index (χ1n) is 6.33. The predicted octanol–water partition coefficient (Wildman–Crippen LogP) is 1.78. The lowest BCUT2D eigenvalue weighted by atomic mass is 10.3. The van der Waals surface area contributed by atoms with Gasteiger partial charge in [-0.2, -0.15) is 0 Å². The van der Waals surface area contributed by atoms with Gasteiger partial charge in [-0.25, -0.2) is 13.1 Å². The Hall–Kier alpha value is -1.51. The monoisotopic (exact) mass is 327 g/mol. The van der Waals surface area contributed by atoms with Gasteiger partial charge in [0.1, 0.15) is 5.76 Å². The Labute approximate surface area is 128 Å². The van der Waals surface area contributed by atoms with E-state index in [1.807, 2.05) is 18.2 Å². The minimum Gasteiger partial charge on any atom is -0.398 e. The number of hydrogen-bond donors (Lipinski definition) is 2. The van der Waals surface area contributed by atoms with Crippen LogP contribution in [0.5, 0.6) is 0 Å². The molecule has 3 N–H and O–H groups in total. The van der Waals surface area contributed by atoms with Crippen LogP contribution in [0.3, 0.4) is 0 Å². The van der Waals surface area contributed by atoms with E-state index >= 15 is 0 Å². The number of para-hydroxylation sites is 1. The number of nitrogens with two attached hydrogens (primary N) is 1. The molecular weight excluding hydrogens is 310 g/mol. The van der Waals surface area contributed by atoms with Gasteiger partial charge in [0, 0.05) is 22.4 Å². The number of sulfonamides is 1. The minimum atomic E-state index is -3.35. The molecule has 1 aromatic carbocycles. The highest BCUT2D eigenvalue weighted by Gasteiger charge is 2.12. The van der Waals surface area contributed by atoms with Crippen LogP contribution in [-0.2, 0) is 16.6 Å². The lowest BCUT2D eigenvalue weighted by Crippen LogP contribution is -2.27. The number of thioether (sulfide) groups is 1. The molecular formula is C13H17N3O3S2. The first-order chi connectivity index (χ1) is 9.96. The zero-order chi connectivity index (χ0) is 15.3. The molecule has 21 heavy (non-hydrogen) atoms. The number of rotatable bonds is 7. The van der Waals surface area contributed by atoms with Crippen molar-refractivity contribution in [2.75, 3.05) is 17.2 Å². The highest BCUT2D eigenvalue weighted by Crippen LogP contribution is 2.24. The van der Waals surface area contributed by atoms with E-state index in [-0.39, 0.29) is 12.3 Å². The van der Waals surface area contributed by atoms with E-state index in [1.54, 1.807) is 19.1 Å². The van der Waals surface area contributed by atoms with Gasteiger partial charge in [-0.1, -0.05) is 17.3 Å². The molecule has 2 aromatic rings. The molecule has 0 unspecified atom stereocenters. The van der Waals surface area contributed by atoms with Crippen molar-refractivity contribution in [3.05, 3.63) is 41.8 Å². The van der Waals surface area contributed by atoms with E-state index < -0.39 is 10.0 Å². The molecule has 0 aliphatic heterocycles. The highest BCUT2D eigenvalue weighted by atomic mass is 32.2. The van der Waals surface area contributed by atoms with Gasteiger partial charge in [0.25, 0.3) is 0 Å². The molecule has 0 saturated carbocycles. The maximum atomic E-state index is 11.9. The van der Waals surface area contributed by atoms with Crippen molar-refractivity contribution < 1.29 is 12.9 Å². The van der Waals surface area contributed by atoms with Gasteiger partial charge in [0.05, 0.1) is 18.0 Å². The van der Waals surface area contributed by atoms with Gasteiger partial charge in [-0.3, -0.25) is 0 Å². The van der Waals surface area contributed by atoms with Crippen LogP contribution in [0, 0.1) is 6.92 Å². The zero-order valence-corrected chi connectivity index (χ0v) is 13.2. The number of benzene rings is 1. The van der Waals surface area contributed by atoms with E-state index in [0.29, 0.717) is 22.9 Å². The van der Waals surface area contributed by atoms with Crippen LogP contribution >= 0.6 is 11.8 Å². The normalized spacial score (nSPS) is 11.7. The van der Waals surface area contributed by atoms with E-state index in [1.165, 1.54) is 11.8 Å². The maximum absolute atomic E-state index is 11.9. The standard InChI is InChI=1S/C13H17N3O3S2/c1-10-8-11(16-19-10)9-15-21(17,18)7-6-20-13-5-3-2-4-12(13)14/h2-5,8,15H,6-7,9,14H2,1H3. The summed E-state index contributed by atoms with van der Waals surface area (Å²) in [6, 6.07) is 9.08. The summed E-state index contributed by atoms with van der Waals surface area (Å²) in [6.07, 6.45) is 0. The van der Waals surface area contributed by atoms with Crippen LogP contribution in [0.1, 0.15) is 11.5 Å². The molecule has 114 valence electrons. The summed E-state index contributed by atoms with van der Waals surface area (Å²) in [6.45, 7) is 1.89. The summed E-state index contributed by atoms with van der Waals surface area (Å²) in [5.74, 6) is 1.10. The van der Waals surface area contributed by atoms with Crippen molar-refractivity contribution in [1.29, 1.82) is 0 Å². The van der Waals surface area contributed by atoms with Gasteiger partial charge in [0.2, 0.25) is 10.0 Å². The fourth-order valence-electron chi connectivity index (χ4n) is 1.63. The highest BCUT2D eigenvalue weighted by molar-refractivity contribution is 8.00. The van der Waals surface area contributed by atoms with E-state index in [4.69, 9.17) is 10.3 Å². The van der Waals surface area contributed by atoms with Crippen LogP contribution in [0.4, 0.5) is 5.69 Å². The molecule has 2 rings (SSSR count). The van der Waals surface area contributed by atoms with Crippen LogP contribution in [-0.4, -0.2) is 25.1 Å². The fourth-order valence-corrected chi connectivity index (χ4v) is 3.98. The summed E-state index contributed by atoms with van der Waals surface area (Å²) in [7, 11) is -3.35. The molecule has 8 heteroatoms. The van der Waals surface area contributed by atoms with Crippen LogP contribution in [0.25, 0.3) is 0 Å². The number of nitrogens with zero attached hydrogens (tertiary/aromatic N) is 1. The number of aryl methyl sites for hydroxylation is 1. The third kappa shape index (κ3) is 5.07. The summed E-state index contributed by atoms with van der Waals surface area (Å²) < 4.78 is 31.1. The topological polar surface area (TPSA) is 98.2 Å². The average Bonchev–Trinajstić information content (AvgIpc) is 2.85. The lowest BCUT2D eigenvalue weighted by Gasteiger charge is -2.06. The van der Waals surface area contributed by atoms with Crippen LogP contribution < -0.4 is 10.5 Å². The van der Waals surface area contributed by atoms with Crippen molar-refractivity contribution in [2.45, 2.75) is 18.4 Å². The number of anilines is 1. The summed E-state index contributed by atoms with van der Waals surface area (Å²) in [5, 5.41) is 3.73. The molecule has 1 aromatic heterocycles. The van der Waals surface area contributed by atoms with Gasteiger partial charge in [0.15, 0.2) is 0 Å². The molecule has 0 radical (unpaired) electrons. The predicted molar refractivity (Wildman–Crippen MR) is 83.4 cm³/mol. The number of aromatic nitrogens is 1. The van der Waals surface area contributed by atoms with E-state index in [2.05, 4.69) is 9.88 Å². The van der Waals surface area contributed by atoms with E-state index in [0.717, 1.165) is 4.90 Å². The summed E-state index contributed by atoms with van der Waals surface area (Å²) in [5.41, 5.74) is 7.03. The van der Waals surface area contributed by atoms with Crippen LogP contribution in [0.2, 0.25) is 0 Å². The Kier molecular flexibility index (Phi) is 5.27. The second-order valence-electron chi connectivity index (χ2n) is 4.46. The molecule has 0 spiro atoms. The SMILES string of the molecule is Cc1cc(CNS(=O)(=O)CCSc2ccccc2N)no1. The minimum absolute atomic E-state index is 0.0167. The molecule has 0 atom stereocenters. The molecule has 0 saturated heterocycles. The summed E-state index contributed by atoms with van der Waals surface area (Å²) >= 11 is 1.42. The van der Waals surface area contributed by atoms with E-state index in [9.17, 15) is 8.42 Å². The van der Waals surface area contributed by atoms with Gasteiger partial charge < -0.3 is 10.3 Å². The molecule has 0 amide bonds. The maximum Gasteiger partial charge on any atom is 0.212 e. The Balaban J connectivity index is 1.80. The summed E-state index contributed by atoms with van der Waals surface area (Å²) in [4.78, 5) is 0.889. The van der Waals surface area contributed by atoms with Crippen molar-refractivity contribution in [3.63, 3.8) is 0 Å². The first-order valence-corrected chi connectivity index (χ1v) is 8.97. The Morgan fingerprint density at radius 1 is 1.38 bits per heavy atom. The van der Waals surface area contributed by atoms with Crippen molar-refractivity contribution in [2.24, 2.45) is 0 Å². The smallest absolute Gasteiger partial charge is 0.212 e. The van der Waals surface area contributed by atoms with Gasteiger partial charge in [-0.15, -0.1) is 11.8 Å². The lowest BCUT2D eigenvalue weighted by molar-refractivity contribution is 0.390. The largest absolute Gasteiger partial charge is 0.398 e. The molecule has 0 bridgehead atoms. The molecule has 0 aliphatic rings. The second-order valence-corrected chi connectivity index (χ2v) is 7.52. The first kappa shape index (κ1) is 15.9. The van der Waals surface area contributed by atoms with Crippen molar-refractivity contribution >= 4 is 27.5 Å². The van der Waals surface area contributed by atoms with Crippen molar-refractivity contribution in [3.8, 4) is 0 Å². The third-order valence-electron chi connectivity index (χ3n) is 2.68. The molecule has 0 fully saturated rings. The second kappa shape index (κ2) is 6.97. The van der Waals surface area contributed by atoms with Crippen molar-refractivity contribution in [1.82, 2.24) is 9.88 Å². The molecule has 1 heterocycles. The van der Waals surface area contributed by atoms with Gasteiger partial charge >= 0.3 is 0 Å². The quantitative estimate of drug-likeness (QED) is 0.594.